The van der Waals surface area contributed by atoms with E-state index in [1.54, 1.807) is 6.92 Å². The number of primary amides is 1. The first kappa shape index (κ1) is 15.2. The predicted molar refractivity (Wildman–Crippen MR) is 78.6 cm³/mol. The van der Waals surface area contributed by atoms with E-state index in [0.29, 0.717) is 20.7 Å². The largest absolute Gasteiger partial charge is 0.481 e. The Bertz CT molecular complexity index is 804. The van der Waals surface area contributed by atoms with Gasteiger partial charge in [-0.05, 0) is 26.3 Å². The van der Waals surface area contributed by atoms with Crippen LogP contribution in [0.3, 0.4) is 0 Å². The summed E-state index contributed by atoms with van der Waals surface area (Å²) >= 11 is 1.06. The summed E-state index contributed by atoms with van der Waals surface area (Å²) in [5.74, 6) is -1.61. The lowest BCUT2D eigenvalue weighted by molar-refractivity contribution is -0.147. The molecular formula is C13H15N3O4S. The normalized spacial score (nSPS) is 11.8. The van der Waals surface area contributed by atoms with Crippen LogP contribution in [0.4, 0.5) is 0 Å². The Labute approximate surface area is 124 Å². The molecule has 1 amide bonds. The van der Waals surface area contributed by atoms with Crippen LogP contribution in [-0.4, -0.2) is 26.5 Å². The lowest BCUT2D eigenvalue weighted by atomic mass is 9.94. The van der Waals surface area contributed by atoms with Gasteiger partial charge in [-0.3, -0.25) is 19.0 Å². The number of rotatable bonds is 4. The average molecular weight is 309 g/mol. The van der Waals surface area contributed by atoms with Gasteiger partial charge >= 0.3 is 5.97 Å². The number of fused-ring (bicyclic) bond motifs is 1. The highest BCUT2D eigenvalue weighted by Gasteiger charge is 2.29. The van der Waals surface area contributed by atoms with Crippen molar-refractivity contribution < 1.29 is 14.7 Å². The molecule has 0 aliphatic rings. The fourth-order valence-corrected chi connectivity index (χ4v) is 2.99. The summed E-state index contributed by atoms with van der Waals surface area (Å²) < 4.78 is 1.25. The van der Waals surface area contributed by atoms with Crippen LogP contribution < -0.4 is 11.3 Å². The van der Waals surface area contributed by atoms with Crippen molar-refractivity contribution in [3.8, 4) is 0 Å². The highest BCUT2D eigenvalue weighted by atomic mass is 32.1. The summed E-state index contributed by atoms with van der Waals surface area (Å²) in [6, 6.07) is 0. The first-order chi connectivity index (χ1) is 9.65. The summed E-state index contributed by atoms with van der Waals surface area (Å²) in [7, 11) is 0. The fraction of sp³-hybridized carbons (Fsp3) is 0.385. The molecule has 3 N–H and O–H groups in total. The van der Waals surface area contributed by atoms with Crippen LogP contribution in [0.2, 0.25) is 0 Å². The van der Waals surface area contributed by atoms with Crippen LogP contribution in [0.15, 0.2) is 11.1 Å². The molecule has 2 rings (SSSR count). The number of amides is 1. The van der Waals surface area contributed by atoms with Crippen LogP contribution in [0, 0.1) is 12.3 Å². The number of nitrogens with zero attached hydrogens (tertiary/aromatic N) is 2. The van der Waals surface area contributed by atoms with E-state index >= 15 is 0 Å². The molecule has 0 radical (unpaired) electrons. The molecule has 0 aliphatic heterocycles. The molecule has 0 spiro atoms. The monoisotopic (exact) mass is 309 g/mol. The Kier molecular flexibility index (Phi) is 3.58. The van der Waals surface area contributed by atoms with Crippen molar-refractivity contribution in [1.29, 1.82) is 0 Å². The van der Waals surface area contributed by atoms with Gasteiger partial charge in [0.1, 0.15) is 4.83 Å². The maximum atomic E-state index is 12.5. The smallest absolute Gasteiger partial charge is 0.310 e. The standard InChI is InChI=1S/C13H15N3O4S/c1-6-7-10(21-8(6)9(14)17)15-5-16(11(7)18)4-13(2,3)12(19)20/h5H,4H2,1-3H3,(H2,14,17)(H,19,20). The van der Waals surface area contributed by atoms with Gasteiger partial charge in [-0.15, -0.1) is 11.3 Å². The van der Waals surface area contributed by atoms with Gasteiger partial charge in [-0.1, -0.05) is 0 Å². The second-order valence-electron chi connectivity index (χ2n) is 5.47. The molecule has 0 aromatic carbocycles. The third kappa shape index (κ3) is 2.54. The SMILES string of the molecule is Cc1c(C(N)=O)sc2ncn(CC(C)(C)C(=O)O)c(=O)c12. The zero-order valence-electron chi connectivity index (χ0n) is 11.8. The van der Waals surface area contributed by atoms with Gasteiger partial charge in [0.05, 0.1) is 22.0 Å². The van der Waals surface area contributed by atoms with Gasteiger partial charge in [-0.25, -0.2) is 4.98 Å². The number of aliphatic carboxylic acids is 1. The predicted octanol–water partition coefficient (Wildman–Crippen LogP) is 0.976. The van der Waals surface area contributed by atoms with E-state index in [9.17, 15) is 14.4 Å². The molecule has 7 nitrogen and oxygen atoms in total. The first-order valence-electron chi connectivity index (χ1n) is 6.17. The Morgan fingerprint density at radius 1 is 1.48 bits per heavy atom. The third-order valence-corrected chi connectivity index (χ3v) is 4.50. The molecule has 0 atom stereocenters. The van der Waals surface area contributed by atoms with Crippen molar-refractivity contribution in [2.75, 3.05) is 0 Å². The molecule has 2 heterocycles. The number of aryl methyl sites for hydroxylation is 1. The summed E-state index contributed by atoms with van der Waals surface area (Å²) in [5.41, 5.74) is 4.29. The van der Waals surface area contributed by atoms with E-state index in [4.69, 9.17) is 10.8 Å². The number of carbonyl (C=O) groups excluding carboxylic acids is 1. The van der Waals surface area contributed by atoms with Crippen molar-refractivity contribution in [3.05, 3.63) is 27.1 Å². The van der Waals surface area contributed by atoms with Crippen LogP contribution in [-0.2, 0) is 11.3 Å². The molecule has 0 saturated heterocycles. The summed E-state index contributed by atoms with van der Waals surface area (Å²) in [4.78, 5) is 39.8. The van der Waals surface area contributed by atoms with E-state index in [-0.39, 0.29) is 12.1 Å². The lowest BCUT2D eigenvalue weighted by Crippen LogP contribution is -2.34. The van der Waals surface area contributed by atoms with Crippen molar-refractivity contribution in [1.82, 2.24) is 9.55 Å². The van der Waals surface area contributed by atoms with Gasteiger partial charge in [0.2, 0.25) is 0 Å². The second kappa shape index (κ2) is 4.96. The second-order valence-corrected chi connectivity index (χ2v) is 6.47. The van der Waals surface area contributed by atoms with Crippen molar-refractivity contribution >= 4 is 33.4 Å². The molecule has 21 heavy (non-hydrogen) atoms. The number of hydrogen-bond acceptors (Lipinski definition) is 5. The first-order valence-corrected chi connectivity index (χ1v) is 6.98. The molecule has 0 saturated carbocycles. The van der Waals surface area contributed by atoms with Crippen molar-refractivity contribution in [2.24, 2.45) is 11.1 Å². The number of thiophene rings is 1. The molecule has 0 bridgehead atoms. The van der Waals surface area contributed by atoms with E-state index < -0.39 is 17.3 Å². The Balaban J connectivity index is 2.62. The molecule has 112 valence electrons. The molecule has 8 heteroatoms. The summed E-state index contributed by atoms with van der Waals surface area (Å²) in [5, 5.41) is 9.46. The Morgan fingerprint density at radius 2 is 2.10 bits per heavy atom. The summed E-state index contributed by atoms with van der Waals surface area (Å²) in [6.07, 6.45) is 1.30. The van der Waals surface area contributed by atoms with Crippen molar-refractivity contribution in [3.63, 3.8) is 0 Å². The van der Waals surface area contributed by atoms with E-state index in [1.165, 1.54) is 24.7 Å². The average Bonchev–Trinajstić information content (AvgIpc) is 2.71. The van der Waals surface area contributed by atoms with Gasteiger partial charge in [0, 0.05) is 6.54 Å². The number of nitrogens with two attached hydrogens (primary N) is 1. The van der Waals surface area contributed by atoms with E-state index in [1.807, 2.05) is 0 Å². The molecule has 0 aliphatic carbocycles. The number of aromatic nitrogens is 2. The van der Waals surface area contributed by atoms with Gasteiger partial charge in [0.15, 0.2) is 0 Å². The molecule has 0 unspecified atom stereocenters. The lowest BCUT2D eigenvalue weighted by Gasteiger charge is -2.19. The highest BCUT2D eigenvalue weighted by Crippen LogP contribution is 2.26. The van der Waals surface area contributed by atoms with Crippen LogP contribution in [0.25, 0.3) is 10.2 Å². The number of carboxylic acid groups (broad SMARTS) is 1. The molecule has 2 aromatic heterocycles. The minimum atomic E-state index is -1.10. The van der Waals surface area contributed by atoms with Gasteiger partial charge in [-0.2, -0.15) is 0 Å². The Morgan fingerprint density at radius 3 is 2.62 bits per heavy atom. The summed E-state index contributed by atoms with van der Waals surface area (Å²) in [6.45, 7) is 4.68. The van der Waals surface area contributed by atoms with Crippen LogP contribution >= 0.6 is 11.3 Å². The van der Waals surface area contributed by atoms with E-state index in [2.05, 4.69) is 4.98 Å². The molecule has 0 fully saturated rings. The van der Waals surface area contributed by atoms with Crippen LogP contribution in [0.5, 0.6) is 0 Å². The number of carbonyl (C=O) groups is 2. The zero-order chi connectivity index (χ0) is 15.9. The number of hydrogen-bond donors (Lipinski definition) is 2. The quantitative estimate of drug-likeness (QED) is 0.873. The highest BCUT2D eigenvalue weighted by molar-refractivity contribution is 7.20. The van der Waals surface area contributed by atoms with Gasteiger partial charge < -0.3 is 10.8 Å². The molecule has 2 aromatic rings. The third-order valence-electron chi connectivity index (χ3n) is 3.29. The topological polar surface area (TPSA) is 115 Å². The maximum absolute atomic E-state index is 12.5. The minimum Gasteiger partial charge on any atom is -0.481 e. The van der Waals surface area contributed by atoms with E-state index in [0.717, 1.165) is 11.3 Å². The fourth-order valence-electron chi connectivity index (χ4n) is 2.00. The zero-order valence-corrected chi connectivity index (χ0v) is 12.7. The Hall–Kier alpha value is -2.22. The van der Waals surface area contributed by atoms with Crippen LogP contribution in [0.1, 0.15) is 29.1 Å². The number of carboxylic acids is 1. The maximum Gasteiger partial charge on any atom is 0.310 e. The minimum absolute atomic E-state index is 0.00863. The van der Waals surface area contributed by atoms with Gasteiger partial charge in [0.25, 0.3) is 11.5 Å². The molecular weight excluding hydrogens is 294 g/mol. The van der Waals surface area contributed by atoms with Crippen molar-refractivity contribution in [2.45, 2.75) is 27.3 Å².